The number of aromatic nitrogens is 1. The van der Waals surface area contributed by atoms with Gasteiger partial charge in [0.1, 0.15) is 0 Å². The predicted molar refractivity (Wildman–Crippen MR) is 59.8 cm³/mol. The molecule has 1 fully saturated rings. The molecule has 1 N–H and O–H groups in total. The van der Waals surface area contributed by atoms with Crippen LogP contribution in [0.15, 0.2) is 11.1 Å². The number of rotatable bonds is 1. The van der Waals surface area contributed by atoms with Gasteiger partial charge in [0.05, 0.1) is 5.03 Å². The molecule has 14 heavy (non-hydrogen) atoms. The molecule has 1 aromatic heterocycles. The topological polar surface area (TPSA) is 19.0 Å². The van der Waals surface area contributed by atoms with E-state index in [4.69, 9.17) is 0 Å². The van der Waals surface area contributed by atoms with Crippen LogP contribution in [0.3, 0.4) is 0 Å². The van der Waals surface area contributed by atoms with Crippen molar-refractivity contribution in [1.82, 2.24) is 9.88 Å². The molecule has 0 aliphatic carbocycles. The summed E-state index contributed by atoms with van der Waals surface area (Å²) >= 11 is 1.82. The molecule has 1 aromatic rings. The second-order valence-electron chi connectivity index (χ2n) is 4.33. The van der Waals surface area contributed by atoms with Crippen LogP contribution < -0.4 is 0 Å². The molecule has 0 amide bonds. The highest BCUT2D eigenvalue weighted by Gasteiger charge is 2.28. The van der Waals surface area contributed by atoms with Gasteiger partial charge in [-0.25, -0.2) is 0 Å². The first-order valence-corrected chi connectivity index (χ1v) is 6.57. The van der Waals surface area contributed by atoms with Crippen molar-refractivity contribution in [3.63, 3.8) is 0 Å². The van der Waals surface area contributed by atoms with Crippen LogP contribution in [0.2, 0.25) is 0 Å². The number of fused-ring (bicyclic) bond motifs is 2. The molecule has 0 spiro atoms. The van der Waals surface area contributed by atoms with E-state index in [1.54, 1.807) is 5.56 Å². The smallest absolute Gasteiger partial charge is 0.0724 e. The fraction of sp³-hybridized carbons (Fsp3) is 0.636. The Labute approximate surface area is 89.1 Å². The van der Waals surface area contributed by atoms with Crippen LogP contribution in [0.5, 0.6) is 0 Å². The van der Waals surface area contributed by atoms with Gasteiger partial charge in [0, 0.05) is 18.2 Å². The summed E-state index contributed by atoms with van der Waals surface area (Å²) in [6.07, 6.45) is 4.84. The number of hydrogen-bond acceptors (Lipinski definition) is 2. The van der Waals surface area contributed by atoms with Gasteiger partial charge in [0.2, 0.25) is 0 Å². The summed E-state index contributed by atoms with van der Waals surface area (Å²) in [5.74, 6) is 0.810. The van der Waals surface area contributed by atoms with Crippen molar-refractivity contribution in [3.05, 3.63) is 17.3 Å². The molecule has 0 unspecified atom stereocenters. The Hall–Kier alpha value is -0.410. The number of thioether (sulfide) groups is 1. The first-order valence-electron chi connectivity index (χ1n) is 5.35. The van der Waals surface area contributed by atoms with E-state index in [9.17, 15) is 0 Å². The molecule has 0 atom stereocenters. The van der Waals surface area contributed by atoms with Crippen LogP contribution in [0, 0.1) is 0 Å². The third-order valence-corrected chi connectivity index (χ3v) is 4.18. The summed E-state index contributed by atoms with van der Waals surface area (Å²) in [6, 6.07) is 2.34. The molecule has 2 nitrogen and oxygen atoms in total. The van der Waals surface area contributed by atoms with Gasteiger partial charge >= 0.3 is 0 Å². The molecule has 3 aliphatic rings. The molecule has 1 saturated heterocycles. The van der Waals surface area contributed by atoms with Crippen molar-refractivity contribution < 1.29 is 0 Å². The van der Waals surface area contributed by atoms with Crippen molar-refractivity contribution in [2.75, 3.05) is 19.3 Å². The first-order chi connectivity index (χ1) is 6.86. The van der Waals surface area contributed by atoms with E-state index in [2.05, 4.69) is 22.2 Å². The average molecular weight is 208 g/mol. The zero-order valence-electron chi connectivity index (χ0n) is 8.55. The van der Waals surface area contributed by atoms with Gasteiger partial charge in [0.15, 0.2) is 0 Å². The molecular formula is C11H16N2S. The fourth-order valence-corrected chi connectivity index (χ4v) is 3.18. The molecule has 4 heterocycles. The van der Waals surface area contributed by atoms with Crippen molar-refractivity contribution in [1.29, 1.82) is 0 Å². The van der Waals surface area contributed by atoms with Gasteiger partial charge in [-0.3, -0.25) is 4.90 Å². The largest absolute Gasteiger partial charge is 0.353 e. The molecule has 4 rings (SSSR count). The zero-order chi connectivity index (χ0) is 9.54. The molecule has 3 aliphatic heterocycles. The SMILES string of the molecule is CSc1cc2c([nH]1)C1CCN(CC1)C2. The Bertz CT molecular complexity index is 337. The monoisotopic (exact) mass is 208 g/mol. The number of nitrogens with one attached hydrogen (secondary N) is 1. The highest BCUT2D eigenvalue weighted by atomic mass is 32.2. The van der Waals surface area contributed by atoms with Crippen LogP contribution in [-0.2, 0) is 6.54 Å². The van der Waals surface area contributed by atoms with Gasteiger partial charge in [-0.1, -0.05) is 0 Å². The quantitative estimate of drug-likeness (QED) is 0.715. The molecule has 3 heteroatoms. The number of aromatic amines is 1. The maximum Gasteiger partial charge on any atom is 0.0724 e. The molecular weight excluding hydrogens is 192 g/mol. The summed E-state index contributed by atoms with van der Waals surface area (Å²) in [6.45, 7) is 3.76. The Morgan fingerprint density at radius 1 is 1.43 bits per heavy atom. The molecule has 0 saturated carbocycles. The third-order valence-electron chi connectivity index (χ3n) is 3.52. The number of nitrogens with zero attached hydrogens (tertiary/aromatic N) is 1. The minimum atomic E-state index is 0.810. The second kappa shape index (κ2) is 3.31. The van der Waals surface area contributed by atoms with E-state index < -0.39 is 0 Å². The van der Waals surface area contributed by atoms with Crippen LogP contribution in [0.25, 0.3) is 0 Å². The Morgan fingerprint density at radius 3 is 2.93 bits per heavy atom. The number of piperidine rings is 1. The van der Waals surface area contributed by atoms with Crippen molar-refractivity contribution in [2.24, 2.45) is 0 Å². The minimum absolute atomic E-state index is 0.810. The van der Waals surface area contributed by atoms with Crippen LogP contribution in [0.4, 0.5) is 0 Å². The van der Waals surface area contributed by atoms with E-state index in [1.165, 1.54) is 43.2 Å². The summed E-state index contributed by atoms with van der Waals surface area (Å²) in [7, 11) is 0. The van der Waals surface area contributed by atoms with Crippen molar-refractivity contribution >= 4 is 11.8 Å². The van der Waals surface area contributed by atoms with Gasteiger partial charge in [0.25, 0.3) is 0 Å². The minimum Gasteiger partial charge on any atom is -0.353 e. The lowest BCUT2D eigenvalue weighted by Gasteiger charge is -2.26. The maximum atomic E-state index is 3.59. The molecule has 76 valence electrons. The summed E-state index contributed by atoms with van der Waals surface area (Å²) in [5.41, 5.74) is 3.09. The Morgan fingerprint density at radius 2 is 2.21 bits per heavy atom. The lowest BCUT2D eigenvalue weighted by atomic mass is 9.95. The van der Waals surface area contributed by atoms with E-state index in [-0.39, 0.29) is 0 Å². The first kappa shape index (κ1) is 8.86. The van der Waals surface area contributed by atoms with E-state index >= 15 is 0 Å². The van der Waals surface area contributed by atoms with Crippen molar-refractivity contribution in [3.8, 4) is 0 Å². The Kier molecular flexibility index (Phi) is 2.10. The zero-order valence-corrected chi connectivity index (χ0v) is 9.36. The summed E-state index contributed by atoms with van der Waals surface area (Å²) < 4.78 is 0. The predicted octanol–water partition coefficient (Wildman–Crippen LogP) is 2.43. The highest BCUT2D eigenvalue weighted by molar-refractivity contribution is 7.98. The van der Waals surface area contributed by atoms with Gasteiger partial charge in [-0.15, -0.1) is 11.8 Å². The Balaban J connectivity index is 2.03. The summed E-state index contributed by atoms with van der Waals surface area (Å²) in [4.78, 5) is 6.17. The lowest BCUT2D eigenvalue weighted by molar-refractivity contribution is 0.219. The lowest BCUT2D eigenvalue weighted by Crippen LogP contribution is -2.28. The number of H-pyrrole nitrogens is 1. The standard InChI is InChI=1S/C11H16N2S/c1-14-10-6-9-7-13-4-2-8(3-5-13)11(9)12-10/h6,8,12H,2-5,7H2,1H3. The van der Waals surface area contributed by atoms with Gasteiger partial charge < -0.3 is 4.98 Å². The van der Waals surface area contributed by atoms with Crippen LogP contribution in [0.1, 0.15) is 30.0 Å². The molecule has 0 aromatic carbocycles. The summed E-state index contributed by atoms with van der Waals surface area (Å²) in [5, 5.41) is 1.34. The van der Waals surface area contributed by atoms with Crippen LogP contribution >= 0.6 is 11.8 Å². The molecule has 0 radical (unpaired) electrons. The van der Waals surface area contributed by atoms with E-state index in [0.717, 1.165) is 5.92 Å². The normalized spacial score (nSPS) is 30.1. The fourth-order valence-electron chi connectivity index (χ4n) is 2.71. The van der Waals surface area contributed by atoms with E-state index in [1.807, 2.05) is 11.8 Å². The third kappa shape index (κ3) is 1.30. The van der Waals surface area contributed by atoms with Crippen LogP contribution in [-0.4, -0.2) is 29.2 Å². The van der Waals surface area contributed by atoms with Gasteiger partial charge in [-0.05, 0) is 43.8 Å². The molecule has 2 bridgehead atoms. The van der Waals surface area contributed by atoms with Gasteiger partial charge in [-0.2, -0.15) is 0 Å². The number of hydrogen-bond donors (Lipinski definition) is 1. The maximum absolute atomic E-state index is 3.59. The van der Waals surface area contributed by atoms with E-state index in [0.29, 0.717) is 0 Å². The average Bonchev–Trinajstić information content (AvgIpc) is 2.49. The highest BCUT2D eigenvalue weighted by Crippen LogP contribution is 2.36. The second-order valence-corrected chi connectivity index (χ2v) is 5.18. The van der Waals surface area contributed by atoms with Crippen molar-refractivity contribution in [2.45, 2.75) is 30.3 Å².